The predicted molar refractivity (Wildman–Crippen MR) is 82.2 cm³/mol. The highest BCUT2D eigenvalue weighted by molar-refractivity contribution is 5.33. The molecule has 3 rings (SSSR count). The first-order valence-electron chi connectivity index (χ1n) is 8.64. The highest BCUT2D eigenvalue weighted by atomic mass is 19.2. The Labute approximate surface area is 126 Å². The lowest BCUT2D eigenvalue weighted by molar-refractivity contribution is 0.200. The molecule has 1 aromatic carbocycles. The van der Waals surface area contributed by atoms with E-state index in [4.69, 9.17) is 0 Å². The van der Waals surface area contributed by atoms with Crippen molar-refractivity contribution in [3.05, 3.63) is 34.9 Å². The second-order valence-corrected chi connectivity index (χ2v) is 7.13. The maximum Gasteiger partial charge on any atom is 0.159 e. The zero-order valence-corrected chi connectivity index (χ0v) is 13.0. The van der Waals surface area contributed by atoms with Crippen LogP contribution in [0.2, 0.25) is 0 Å². The third-order valence-electron chi connectivity index (χ3n) is 5.73. The molecule has 1 fully saturated rings. The van der Waals surface area contributed by atoms with Crippen LogP contribution < -0.4 is 0 Å². The van der Waals surface area contributed by atoms with E-state index in [2.05, 4.69) is 6.92 Å². The van der Waals surface area contributed by atoms with Crippen LogP contribution in [0.25, 0.3) is 0 Å². The molecule has 0 saturated heterocycles. The summed E-state index contributed by atoms with van der Waals surface area (Å²) in [5, 5.41) is 0. The van der Waals surface area contributed by atoms with Crippen molar-refractivity contribution in [2.45, 2.75) is 64.7 Å². The molecule has 0 heterocycles. The topological polar surface area (TPSA) is 0 Å². The number of hydrogen-bond acceptors (Lipinski definition) is 0. The molecule has 0 N–H and O–H groups in total. The first-order valence-corrected chi connectivity index (χ1v) is 8.64. The molecule has 21 heavy (non-hydrogen) atoms. The van der Waals surface area contributed by atoms with Gasteiger partial charge >= 0.3 is 0 Å². The number of unbranched alkanes of at least 4 members (excludes halogenated alkanes) is 1. The van der Waals surface area contributed by atoms with Gasteiger partial charge in [-0.15, -0.1) is 0 Å². The van der Waals surface area contributed by atoms with Gasteiger partial charge < -0.3 is 0 Å². The summed E-state index contributed by atoms with van der Waals surface area (Å²) >= 11 is 0. The number of rotatable bonds is 4. The molecule has 1 aromatic rings. The van der Waals surface area contributed by atoms with Gasteiger partial charge in [0.05, 0.1) is 0 Å². The van der Waals surface area contributed by atoms with Crippen LogP contribution in [0.15, 0.2) is 12.1 Å². The van der Waals surface area contributed by atoms with Crippen molar-refractivity contribution in [3.8, 4) is 0 Å². The van der Waals surface area contributed by atoms with Crippen molar-refractivity contribution in [2.24, 2.45) is 17.8 Å². The van der Waals surface area contributed by atoms with Crippen LogP contribution in [0.1, 0.15) is 63.0 Å². The minimum Gasteiger partial charge on any atom is -0.204 e. The number of hydrogen-bond donors (Lipinski definition) is 0. The van der Waals surface area contributed by atoms with Crippen LogP contribution in [0.5, 0.6) is 0 Å². The van der Waals surface area contributed by atoms with Crippen LogP contribution in [0.4, 0.5) is 8.78 Å². The van der Waals surface area contributed by atoms with Crippen LogP contribution >= 0.6 is 0 Å². The molecule has 2 aliphatic carbocycles. The van der Waals surface area contributed by atoms with E-state index in [0.717, 1.165) is 35.8 Å². The van der Waals surface area contributed by atoms with Crippen molar-refractivity contribution < 1.29 is 8.78 Å². The lowest BCUT2D eigenvalue weighted by Gasteiger charge is -2.32. The third-order valence-corrected chi connectivity index (χ3v) is 5.73. The average Bonchev–Trinajstić information content (AvgIpc) is 2.89. The molecule has 1 saturated carbocycles. The fraction of sp³-hybridized carbons (Fsp3) is 0.684. The minimum absolute atomic E-state index is 0.619. The fourth-order valence-corrected chi connectivity index (χ4v) is 4.42. The first-order chi connectivity index (χ1) is 10.2. The molecule has 0 aromatic heterocycles. The SMILES string of the molecule is CCCCC1CCC(C2Cc3cc(F)c(F)cc3C2)CC1. The fourth-order valence-electron chi connectivity index (χ4n) is 4.42. The van der Waals surface area contributed by atoms with Crippen molar-refractivity contribution in [3.63, 3.8) is 0 Å². The highest BCUT2D eigenvalue weighted by Gasteiger charge is 2.32. The van der Waals surface area contributed by atoms with E-state index < -0.39 is 11.6 Å². The summed E-state index contributed by atoms with van der Waals surface area (Å²) in [6.07, 6.45) is 11.3. The van der Waals surface area contributed by atoms with Gasteiger partial charge in [-0.1, -0.05) is 39.0 Å². The van der Waals surface area contributed by atoms with E-state index in [1.165, 1.54) is 57.1 Å². The monoisotopic (exact) mass is 292 g/mol. The first kappa shape index (κ1) is 15.0. The lowest BCUT2D eigenvalue weighted by Crippen LogP contribution is -2.22. The number of benzene rings is 1. The van der Waals surface area contributed by atoms with Crippen molar-refractivity contribution >= 4 is 0 Å². The lowest BCUT2D eigenvalue weighted by atomic mass is 9.73. The summed E-state index contributed by atoms with van der Waals surface area (Å²) in [4.78, 5) is 0. The number of halogens is 2. The minimum atomic E-state index is -0.683. The van der Waals surface area contributed by atoms with Crippen LogP contribution in [0.3, 0.4) is 0 Å². The molecule has 116 valence electrons. The molecule has 0 nitrogen and oxygen atoms in total. The molecule has 0 radical (unpaired) electrons. The summed E-state index contributed by atoms with van der Waals surface area (Å²) in [5.74, 6) is 0.949. The molecule has 0 unspecified atom stereocenters. The largest absolute Gasteiger partial charge is 0.204 e. The summed E-state index contributed by atoms with van der Waals surface area (Å²) in [7, 11) is 0. The summed E-state index contributed by atoms with van der Waals surface area (Å²) in [6.45, 7) is 2.26. The molecule has 0 bridgehead atoms. The molecule has 0 amide bonds. The molecule has 0 spiro atoms. The average molecular weight is 292 g/mol. The van der Waals surface area contributed by atoms with E-state index in [-0.39, 0.29) is 0 Å². The van der Waals surface area contributed by atoms with E-state index in [0.29, 0.717) is 5.92 Å². The zero-order valence-electron chi connectivity index (χ0n) is 13.0. The smallest absolute Gasteiger partial charge is 0.159 e. The van der Waals surface area contributed by atoms with Gasteiger partial charge in [0.1, 0.15) is 0 Å². The Morgan fingerprint density at radius 2 is 1.48 bits per heavy atom. The van der Waals surface area contributed by atoms with Crippen LogP contribution in [-0.4, -0.2) is 0 Å². The van der Waals surface area contributed by atoms with Crippen LogP contribution in [0, 0.1) is 29.4 Å². The highest BCUT2D eigenvalue weighted by Crippen LogP contribution is 2.41. The third kappa shape index (κ3) is 3.30. The summed E-state index contributed by atoms with van der Waals surface area (Å²) in [6, 6.07) is 2.86. The van der Waals surface area contributed by atoms with Gasteiger partial charge in [-0.25, -0.2) is 8.78 Å². The molecular weight excluding hydrogens is 266 g/mol. The van der Waals surface area contributed by atoms with Crippen LogP contribution in [-0.2, 0) is 12.8 Å². The normalized spacial score (nSPS) is 26.0. The Bertz CT molecular complexity index is 456. The second kappa shape index (κ2) is 6.46. The molecular formula is C19H26F2. The molecule has 2 aliphatic rings. The Morgan fingerprint density at radius 3 is 2.00 bits per heavy atom. The molecule has 2 heteroatoms. The Balaban J connectivity index is 1.56. The van der Waals surface area contributed by atoms with E-state index >= 15 is 0 Å². The van der Waals surface area contributed by atoms with Gasteiger partial charge in [-0.3, -0.25) is 0 Å². The second-order valence-electron chi connectivity index (χ2n) is 7.13. The maximum atomic E-state index is 13.3. The summed E-state index contributed by atoms with van der Waals surface area (Å²) < 4.78 is 26.7. The van der Waals surface area contributed by atoms with Gasteiger partial charge in [-0.2, -0.15) is 0 Å². The molecule has 0 atom stereocenters. The summed E-state index contributed by atoms with van der Waals surface area (Å²) in [5.41, 5.74) is 2.10. The van der Waals surface area contributed by atoms with E-state index in [1.54, 1.807) is 0 Å². The van der Waals surface area contributed by atoms with Gasteiger partial charge in [0.2, 0.25) is 0 Å². The Hall–Kier alpha value is -0.920. The maximum absolute atomic E-state index is 13.3. The number of fused-ring (bicyclic) bond motifs is 1. The predicted octanol–water partition coefficient (Wildman–Crippen LogP) is 5.68. The Kier molecular flexibility index (Phi) is 4.61. The van der Waals surface area contributed by atoms with E-state index in [9.17, 15) is 8.78 Å². The Morgan fingerprint density at radius 1 is 0.905 bits per heavy atom. The molecule has 0 aliphatic heterocycles. The van der Waals surface area contributed by atoms with Crippen molar-refractivity contribution in [1.29, 1.82) is 0 Å². The van der Waals surface area contributed by atoms with Gasteiger partial charge in [0.25, 0.3) is 0 Å². The van der Waals surface area contributed by atoms with Gasteiger partial charge in [-0.05, 0) is 66.7 Å². The standard InChI is InChI=1S/C19H26F2/c1-2-3-4-13-5-7-14(8-6-13)15-9-16-11-18(20)19(21)12-17(16)10-15/h11-15H,2-10H2,1H3. The zero-order chi connectivity index (χ0) is 14.8. The van der Waals surface area contributed by atoms with E-state index in [1.807, 2.05) is 0 Å². The van der Waals surface area contributed by atoms with Crippen molar-refractivity contribution in [2.75, 3.05) is 0 Å². The van der Waals surface area contributed by atoms with Gasteiger partial charge in [0.15, 0.2) is 11.6 Å². The quantitative estimate of drug-likeness (QED) is 0.670. The van der Waals surface area contributed by atoms with Gasteiger partial charge in [0, 0.05) is 0 Å². The van der Waals surface area contributed by atoms with Crippen molar-refractivity contribution in [1.82, 2.24) is 0 Å².